The quantitative estimate of drug-likeness (QED) is 0.642. The van der Waals surface area contributed by atoms with Gasteiger partial charge in [0.1, 0.15) is 11.4 Å². The van der Waals surface area contributed by atoms with Crippen molar-refractivity contribution >= 4 is 34.6 Å². The minimum absolute atomic E-state index is 0.386. The molecule has 0 N–H and O–H groups in total. The maximum absolute atomic E-state index is 13.7. The molecular weight excluding hydrogens is 366 g/mol. The van der Waals surface area contributed by atoms with E-state index in [1.807, 2.05) is 36.4 Å². The molecule has 3 heterocycles. The van der Waals surface area contributed by atoms with Crippen LogP contribution < -0.4 is 10.0 Å². The Hall–Kier alpha value is -4.13. The average Bonchev–Trinajstić information content (AvgIpc) is 3.35. The smallest absolute Gasteiger partial charge is 0.270 e. The van der Waals surface area contributed by atoms with Crippen LogP contribution in [0.1, 0.15) is 11.1 Å². The number of rotatable bonds is 2. The van der Waals surface area contributed by atoms with Crippen molar-refractivity contribution in [3.05, 3.63) is 90.3 Å². The van der Waals surface area contributed by atoms with Gasteiger partial charge in [-0.3, -0.25) is 14.6 Å². The van der Waals surface area contributed by atoms with Crippen LogP contribution in [0.25, 0.3) is 0 Å². The highest BCUT2D eigenvalue weighted by molar-refractivity contribution is 6.57. The lowest BCUT2D eigenvalue weighted by Gasteiger charge is -2.21. The number of fused-ring (bicyclic) bond motifs is 3. The van der Waals surface area contributed by atoms with E-state index in [0.29, 0.717) is 33.9 Å². The van der Waals surface area contributed by atoms with E-state index in [0.717, 1.165) is 0 Å². The lowest BCUT2D eigenvalue weighted by molar-refractivity contribution is -0.130. The molecule has 1 aliphatic carbocycles. The van der Waals surface area contributed by atoms with Gasteiger partial charge < -0.3 is 0 Å². The Morgan fingerprint density at radius 3 is 1.72 bits per heavy atom. The van der Waals surface area contributed by atoms with Crippen LogP contribution >= 0.6 is 0 Å². The van der Waals surface area contributed by atoms with Crippen molar-refractivity contribution < 1.29 is 9.59 Å². The molecule has 1 atom stereocenters. The van der Waals surface area contributed by atoms with Crippen LogP contribution in [0, 0.1) is 5.41 Å². The summed E-state index contributed by atoms with van der Waals surface area (Å²) < 4.78 is 0. The Balaban J connectivity index is 1.60. The number of anilines is 2. The lowest BCUT2D eigenvalue weighted by atomic mass is 9.81. The summed E-state index contributed by atoms with van der Waals surface area (Å²) in [6.45, 7) is 0. The van der Waals surface area contributed by atoms with Crippen LogP contribution in [0.4, 0.5) is 11.4 Å². The highest BCUT2D eigenvalue weighted by atomic mass is 16.2. The predicted octanol–water partition coefficient (Wildman–Crippen LogP) is 2.58. The van der Waals surface area contributed by atoms with Crippen LogP contribution in [0.3, 0.4) is 0 Å². The largest absolute Gasteiger partial charge is 0.275 e. The van der Waals surface area contributed by atoms with E-state index in [4.69, 9.17) is 0 Å². The summed E-state index contributed by atoms with van der Waals surface area (Å²) in [7, 11) is 0. The number of pyridine rings is 1. The second-order valence-electron chi connectivity index (χ2n) is 6.97. The van der Waals surface area contributed by atoms with Gasteiger partial charge in [0.05, 0.1) is 11.4 Å². The van der Waals surface area contributed by atoms with E-state index in [2.05, 4.69) is 15.2 Å². The van der Waals surface area contributed by atoms with Crippen LogP contribution in [-0.2, 0) is 9.59 Å². The van der Waals surface area contributed by atoms with Gasteiger partial charge in [-0.2, -0.15) is 20.2 Å². The number of hydrazone groups is 2. The standard InChI is InChI=1S/C22H13N5O2/c28-20-22-18(24-26(20)14-7-3-1-4-8-14)16-11-12-23-13-17(16)19(22)25-27(21(22)29)15-9-5-2-6-10-15/h1-13H/t22-/m1/s1. The van der Waals surface area contributed by atoms with Crippen LogP contribution in [0.2, 0.25) is 0 Å². The first-order valence-corrected chi connectivity index (χ1v) is 9.15. The van der Waals surface area contributed by atoms with Gasteiger partial charge in [-0.1, -0.05) is 36.4 Å². The minimum Gasteiger partial charge on any atom is -0.270 e. The van der Waals surface area contributed by atoms with Crippen molar-refractivity contribution in [1.29, 1.82) is 0 Å². The summed E-state index contributed by atoms with van der Waals surface area (Å²) in [5.74, 6) is -0.839. The van der Waals surface area contributed by atoms with Gasteiger partial charge >= 0.3 is 0 Å². The van der Waals surface area contributed by atoms with E-state index >= 15 is 0 Å². The van der Waals surface area contributed by atoms with E-state index < -0.39 is 17.2 Å². The number of carbonyl (C=O) groups excluding carboxylic acids is 2. The predicted molar refractivity (Wildman–Crippen MR) is 108 cm³/mol. The average molecular weight is 379 g/mol. The van der Waals surface area contributed by atoms with Gasteiger partial charge in [0.15, 0.2) is 0 Å². The zero-order chi connectivity index (χ0) is 19.6. The van der Waals surface area contributed by atoms with Crippen molar-refractivity contribution in [3.63, 3.8) is 0 Å². The fourth-order valence-electron chi connectivity index (χ4n) is 4.16. The van der Waals surface area contributed by atoms with E-state index in [1.165, 1.54) is 10.0 Å². The van der Waals surface area contributed by atoms with Crippen LogP contribution in [-0.4, -0.2) is 28.2 Å². The fourth-order valence-corrected chi connectivity index (χ4v) is 4.16. The molecule has 3 aromatic rings. The molecule has 1 aromatic heterocycles. The number of nitrogens with zero attached hydrogens (tertiary/aromatic N) is 5. The molecule has 0 unspecified atom stereocenters. The molecule has 0 fully saturated rings. The third-order valence-corrected chi connectivity index (χ3v) is 5.47. The molecule has 0 saturated carbocycles. The van der Waals surface area contributed by atoms with Crippen molar-refractivity contribution in [2.45, 2.75) is 0 Å². The SMILES string of the molecule is O=C1N(c2ccccc2)N=C2c3ccncc3C3=NN(c4ccccc4)C(=O)[C@]123. The molecule has 0 bridgehead atoms. The summed E-state index contributed by atoms with van der Waals surface area (Å²) in [6, 6.07) is 20.0. The van der Waals surface area contributed by atoms with Gasteiger partial charge in [-0.25, -0.2) is 0 Å². The number of para-hydroxylation sites is 2. The highest BCUT2D eigenvalue weighted by Crippen LogP contribution is 2.49. The molecule has 2 amide bonds. The van der Waals surface area contributed by atoms with Crippen molar-refractivity contribution in [1.82, 2.24) is 4.98 Å². The van der Waals surface area contributed by atoms with E-state index in [1.54, 1.807) is 42.7 Å². The molecule has 138 valence electrons. The first kappa shape index (κ1) is 15.9. The number of benzene rings is 2. The number of aromatic nitrogens is 1. The maximum Gasteiger partial charge on any atom is 0.275 e. The Bertz CT molecular complexity index is 1150. The van der Waals surface area contributed by atoms with Gasteiger partial charge in [-0.05, 0) is 30.3 Å². The Kier molecular flexibility index (Phi) is 2.98. The molecule has 3 aliphatic rings. The van der Waals surface area contributed by atoms with Crippen molar-refractivity contribution in [2.24, 2.45) is 15.6 Å². The maximum atomic E-state index is 13.7. The van der Waals surface area contributed by atoms with Crippen molar-refractivity contribution in [3.8, 4) is 0 Å². The third-order valence-electron chi connectivity index (χ3n) is 5.47. The fraction of sp³-hybridized carbons (Fsp3) is 0.0455. The van der Waals surface area contributed by atoms with Gasteiger partial charge in [0.2, 0.25) is 5.41 Å². The second kappa shape index (κ2) is 5.45. The van der Waals surface area contributed by atoms with Gasteiger partial charge in [0, 0.05) is 23.5 Å². The summed E-state index contributed by atoms with van der Waals surface area (Å²) in [4.78, 5) is 31.6. The molecule has 0 radical (unpaired) electrons. The van der Waals surface area contributed by atoms with Crippen molar-refractivity contribution in [2.75, 3.05) is 10.0 Å². The van der Waals surface area contributed by atoms with E-state index in [9.17, 15) is 9.59 Å². The number of carbonyl (C=O) groups is 2. The summed E-state index contributed by atoms with van der Waals surface area (Å²) >= 11 is 0. The zero-order valence-electron chi connectivity index (χ0n) is 15.1. The number of hydrogen-bond donors (Lipinski definition) is 0. The third kappa shape index (κ3) is 1.84. The first-order valence-electron chi connectivity index (χ1n) is 9.15. The monoisotopic (exact) mass is 379 g/mol. The van der Waals surface area contributed by atoms with Crippen LogP contribution in [0.5, 0.6) is 0 Å². The minimum atomic E-state index is -1.57. The molecule has 7 nitrogen and oxygen atoms in total. The topological polar surface area (TPSA) is 78.2 Å². The molecule has 2 aromatic carbocycles. The number of hydrogen-bond acceptors (Lipinski definition) is 5. The van der Waals surface area contributed by atoms with E-state index in [-0.39, 0.29) is 0 Å². The molecule has 6 rings (SSSR count). The summed E-state index contributed by atoms with van der Waals surface area (Å²) in [6.07, 6.45) is 3.27. The molecule has 2 aliphatic heterocycles. The second-order valence-corrected chi connectivity index (χ2v) is 6.97. The highest BCUT2D eigenvalue weighted by Gasteiger charge is 2.69. The Morgan fingerprint density at radius 1 is 0.655 bits per heavy atom. The molecule has 0 saturated heterocycles. The molecule has 1 spiro atoms. The molecular formula is C22H13N5O2. The summed E-state index contributed by atoms with van der Waals surface area (Å²) in [5, 5.41) is 11.8. The zero-order valence-corrected chi connectivity index (χ0v) is 15.1. The van der Waals surface area contributed by atoms with Gasteiger partial charge in [-0.15, -0.1) is 0 Å². The summed E-state index contributed by atoms with van der Waals surface area (Å²) in [5.41, 5.74) is 1.81. The van der Waals surface area contributed by atoms with Gasteiger partial charge in [0.25, 0.3) is 11.8 Å². The Labute approximate surface area is 165 Å². The molecule has 29 heavy (non-hydrogen) atoms. The molecule has 7 heteroatoms. The van der Waals surface area contributed by atoms with Crippen LogP contribution in [0.15, 0.2) is 89.3 Å². The first-order chi connectivity index (χ1) is 14.2. The normalized spacial score (nSPS) is 21.7. The lowest BCUT2D eigenvalue weighted by Crippen LogP contribution is -2.49. The number of amides is 2. The Morgan fingerprint density at radius 2 is 1.17 bits per heavy atom.